The minimum absolute atomic E-state index is 0.545. The van der Waals surface area contributed by atoms with Crippen molar-refractivity contribution in [3.8, 4) is 0 Å². The highest BCUT2D eigenvalue weighted by atomic mass is 29.7. The van der Waals surface area contributed by atoms with E-state index in [4.69, 9.17) is 26.6 Å². The summed E-state index contributed by atoms with van der Waals surface area (Å²) in [5.74, 6) is 0. The standard InChI is InChI=1S/C15H38O6Si3/c1-9-16-23(17-10-2,18-11-3)22(8,15-7)24(19-12-4,20-13-5)21-14-6/h9-15H2,1-8H3. The van der Waals surface area contributed by atoms with E-state index in [0.717, 1.165) is 6.04 Å². The van der Waals surface area contributed by atoms with Crippen LogP contribution in [0.2, 0.25) is 12.6 Å². The molecular weight excluding hydrogens is 360 g/mol. The van der Waals surface area contributed by atoms with Crippen LogP contribution in [0.4, 0.5) is 0 Å². The Kier molecular flexibility index (Phi) is 12.1. The Morgan fingerprint density at radius 2 is 0.667 bits per heavy atom. The first-order valence-electron chi connectivity index (χ1n) is 9.26. The van der Waals surface area contributed by atoms with E-state index in [0.29, 0.717) is 39.6 Å². The lowest BCUT2D eigenvalue weighted by Gasteiger charge is -2.48. The van der Waals surface area contributed by atoms with Gasteiger partial charge in [-0.05, 0) is 41.5 Å². The second-order valence-corrected chi connectivity index (χ2v) is 24.5. The molecular formula is C15H38O6Si3. The van der Waals surface area contributed by atoms with Crippen LogP contribution in [0.15, 0.2) is 0 Å². The Bertz CT molecular complexity index is 272. The highest BCUT2D eigenvalue weighted by Crippen LogP contribution is 2.37. The lowest BCUT2D eigenvalue weighted by molar-refractivity contribution is 0.0764. The molecule has 0 bridgehead atoms. The normalized spacial score (nSPS) is 13.5. The maximum absolute atomic E-state index is 6.26. The van der Waals surface area contributed by atoms with Crippen molar-refractivity contribution in [1.82, 2.24) is 0 Å². The maximum Gasteiger partial charge on any atom is 0.476 e. The molecule has 0 spiro atoms. The van der Waals surface area contributed by atoms with E-state index in [1.807, 2.05) is 41.5 Å². The Morgan fingerprint density at radius 1 is 0.458 bits per heavy atom. The second-order valence-electron chi connectivity index (χ2n) is 5.40. The predicted octanol–water partition coefficient (Wildman–Crippen LogP) is 3.34. The van der Waals surface area contributed by atoms with Gasteiger partial charge < -0.3 is 26.6 Å². The summed E-state index contributed by atoms with van der Waals surface area (Å²) in [6, 6.07) is 0.867. The summed E-state index contributed by atoms with van der Waals surface area (Å²) < 4.78 is 37.6. The molecule has 24 heavy (non-hydrogen) atoms. The lowest BCUT2D eigenvalue weighted by Crippen LogP contribution is -2.82. The van der Waals surface area contributed by atoms with Crippen LogP contribution in [0, 0.1) is 0 Å². The molecule has 0 atom stereocenters. The number of rotatable bonds is 15. The Balaban J connectivity index is 6.30. The molecule has 0 rings (SSSR count). The molecule has 0 aromatic carbocycles. The molecule has 0 aromatic heterocycles. The van der Waals surface area contributed by atoms with Crippen molar-refractivity contribution in [2.24, 2.45) is 0 Å². The average molecular weight is 399 g/mol. The van der Waals surface area contributed by atoms with Crippen molar-refractivity contribution in [3.63, 3.8) is 0 Å². The van der Waals surface area contributed by atoms with Crippen molar-refractivity contribution in [1.29, 1.82) is 0 Å². The lowest BCUT2D eigenvalue weighted by atomic mass is 10.9. The topological polar surface area (TPSA) is 55.4 Å². The van der Waals surface area contributed by atoms with Crippen molar-refractivity contribution >= 4 is 23.8 Å². The van der Waals surface area contributed by atoms with Gasteiger partial charge in [-0.1, -0.05) is 19.5 Å². The van der Waals surface area contributed by atoms with Gasteiger partial charge >= 0.3 is 16.6 Å². The van der Waals surface area contributed by atoms with Crippen LogP contribution < -0.4 is 0 Å². The van der Waals surface area contributed by atoms with Gasteiger partial charge in [0.15, 0.2) is 0 Å². The third-order valence-electron chi connectivity index (χ3n) is 4.06. The molecule has 0 fully saturated rings. The van der Waals surface area contributed by atoms with Crippen LogP contribution in [0.1, 0.15) is 48.5 Å². The summed E-state index contributed by atoms with van der Waals surface area (Å²) >= 11 is 0. The quantitative estimate of drug-likeness (QED) is 0.394. The van der Waals surface area contributed by atoms with Crippen molar-refractivity contribution < 1.29 is 26.6 Å². The fourth-order valence-electron chi connectivity index (χ4n) is 2.97. The molecule has 0 aliphatic heterocycles. The third-order valence-corrected chi connectivity index (χ3v) is 30.5. The van der Waals surface area contributed by atoms with Crippen LogP contribution in [0.5, 0.6) is 0 Å². The highest BCUT2D eigenvalue weighted by Gasteiger charge is 2.75. The van der Waals surface area contributed by atoms with E-state index in [1.54, 1.807) is 0 Å². The van der Waals surface area contributed by atoms with E-state index >= 15 is 0 Å². The average Bonchev–Trinajstić information content (AvgIpc) is 2.55. The fraction of sp³-hybridized carbons (Fsp3) is 1.00. The zero-order valence-corrected chi connectivity index (χ0v) is 19.9. The summed E-state index contributed by atoms with van der Waals surface area (Å²) in [5, 5.41) is 0. The smallest absolute Gasteiger partial charge is 0.377 e. The summed E-state index contributed by atoms with van der Waals surface area (Å²) in [6.45, 7) is 19.5. The first-order chi connectivity index (χ1) is 11.4. The van der Waals surface area contributed by atoms with Gasteiger partial charge in [0, 0.05) is 39.6 Å². The summed E-state index contributed by atoms with van der Waals surface area (Å²) in [5.41, 5.74) is 0. The maximum atomic E-state index is 6.26. The third kappa shape index (κ3) is 4.98. The molecule has 9 heteroatoms. The number of hydrogen-bond donors (Lipinski definition) is 0. The van der Waals surface area contributed by atoms with E-state index in [-0.39, 0.29) is 0 Å². The second kappa shape index (κ2) is 11.9. The van der Waals surface area contributed by atoms with Gasteiger partial charge in [0.2, 0.25) is 7.11 Å². The molecule has 0 heterocycles. The number of hydrogen-bond acceptors (Lipinski definition) is 6. The van der Waals surface area contributed by atoms with E-state index in [2.05, 4.69) is 13.5 Å². The van der Waals surface area contributed by atoms with Gasteiger partial charge in [0.1, 0.15) is 0 Å². The van der Waals surface area contributed by atoms with E-state index < -0.39 is 23.8 Å². The van der Waals surface area contributed by atoms with Crippen molar-refractivity contribution in [2.75, 3.05) is 39.6 Å². The molecule has 0 N–H and O–H groups in total. The molecule has 0 saturated heterocycles. The summed E-state index contributed by atoms with van der Waals surface area (Å²) in [6.07, 6.45) is 0. The van der Waals surface area contributed by atoms with Gasteiger partial charge in [0.05, 0.1) is 0 Å². The minimum Gasteiger partial charge on any atom is -0.377 e. The first-order valence-corrected chi connectivity index (χ1v) is 17.4. The zero-order chi connectivity index (χ0) is 18.7. The molecule has 0 aromatic rings. The molecule has 0 unspecified atom stereocenters. The molecule has 0 radical (unpaired) electrons. The van der Waals surface area contributed by atoms with Gasteiger partial charge in [0.25, 0.3) is 0 Å². The van der Waals surface area contributed by atoms with E-state index in [1.165, 1.54) is 0 Å². The van der Waals surface area contributed by atoms with Gasteiger partial charge in [-0.15, -0.1) is 0 Å². The SMILES string of the molecule is CCO[Si](OCC)(OCC)[Si](C)(CC)[Si](OCC)(OCC)OCC. The van der Waals surface area contributed by atoms with Crippen molar-refractivity contribution in [3.05, 3.63) is 0 Å². The molecule has 0 amide bonds. The molecule has 0 aliphatic rings. The fourth-order valence-corrected chi connectivity index (χ4v) is 28.2. The Hall–Kier alpha value is 0.411. The molecule has 146 valence electrons. The monoisotopic (exact) mass is 398 g/mol. The molecule has 0 aliphatic carbocycles. The van der Waals surface area contributed by atoms with Gasteiger partial charge in [-0.2, -0.15) is 0 Å². The van der Waals surface area contributed by atoms with Gasteiger partial charge in [-0.25, -0.2) is 0 Å². The zero-order valence-electron chi connectivity index (χ0n) is 16.9. The predicted molar refractivity (Wildman–Crippen MR) is 103 cm³/mol. The van der Waals surface area contributed by atoms with Crippen LogP contribution in [0.25, 0.3) is 0 Å². The van der Waals surface area contributed by atoms with Crippen LogP contribution in [0.3, 0.4) is 0 Å². The summed E-state index contributed by atoms with van der Waals surface area (Å²) in [7, 11) is -8.41. The first kappa shape index (κ1) is 24.4. The largest absolute Gasteiger partial charge is 0.476 e. The summed E-state index contributed by atoms with van der Waals surface area (Å²) in [4.78, 5) is 0. The van der Waals surface area contributed by atoms with E-state index in [9.17, 15) is 0 Å². The van der Waals surface area contributed by atoms with Crippen LogP contribution >= 0.6 is 0 Å². The molecule has 0 saturated carbocycles. The Morgan fingerprint density at radius 3 is 0.792 bits per heavy atom. The van der Waals surface area contributed by atoms with Crippen molar-refractivity contribution in [2.45, 2.75) is 61.1 Å². The van der Waals surface area contributed by atoms with Crippen LogP contribution in [-0.4, -0.2) is 63.4 Å². The van der Waals surface area contributed by atoms with Crippen LogP contribution in [-0.2, 0) is 26.6 Å². The Labute approximate surface area is 151 Å². The minimum atomic E-state index is -2.97. The van der Waals surface area contributed by atoms with Gasteiger partial charge in [-0.3, -0.25) is 0 Å². The highest BCUT2D eigenvalue weighted by molar-refractivity contribution is 7.62. The molecule has 6 nitrogen and oxygen atoms in total.